The van der Waals surface area contributed by atoms with Crippen molar-refractivity contribution in [2.24, 2.45) is 0 Å². The molecule has 1 aromatic rings. The predicted octanol–water partition coefficient (Wildman–Crippen LogP) is 4.87. The monoisotopic (exact) mass is 353 g/mol. The highest BCUT2D eigenvalue weighted by Crippen LogP contribution is 2.21. The molecule has 2 rings (SSSR count). The van der Waals surface area contributed by atoms with Crippen molar-refractivity contribution in [3.63, 3.8) is 0 Å². The molecule has 1 aromatic carbocycles. The van der Waals surface area contributed by atoms with E-state index in [9.17, 15) is 14.3 Å². The van der Waals surface area contributed by atoms with Gasteiger partial charge in [-0.15, -0.1) is 0 Å². The van der Waals surface area contributed by atoms with Crippen molar-refractivity contribution in [2.75, 3.05) is 0 Å². The predicted molar refractivity (Wildman–Crippen MR) is 103 cm³/mol. The van der Waals surface area contributed by atoms with Crippen LogP contribution < -0.4 is 5.32 Å². The fourth-order valence-electron chi connectivity index (χ4n) is 2.48. The fraction of sp³-hybridized carbons (Fsp3) is 0.227. The van der Waals surface area contributed by atoms with Gasteiger partial charge in [0.2, 0.25) is 0 Å². The van der Waals surface area contributed by atoms with Gasteiger partial charge in [0, 0.05) is 17.7 Å². The van der Waals surface area contributed by atoms with Gasteiger partial charge in [-0.05, 0) is 44.9 Å². The Morgan fingerprint density at radius 1 is 1.35 bits per heavy atom. The third-order valence-electron chi connectivity index (χ3n) is 3.99. The van der Waals surface area contributed by atoms with E-state index in [2.05, 4.69) is 5.32 Å². The lowest BCUT2D eigenvalue weighted by molar-refractivity contribution is -0.117. The molecule has 1 aliphatic carbocycles. The van der Waals surface area contributed by atoms with Crippen LogP contribution in [0, 0.1) is 5.82 Å². The summed E-state index contributed by atoms with van der Waals surface area (Å²) in [5.74, 6) is -1.42. The van der Waals surface area contributed by atoms with Gasteiger partial charge in [0.15, 0.2) is 11.6 Å². The van der Waals surface area contributed by atoms with Gasteiger partial charge in [0.05, 0.1) is 0 Å². The van der Waals surface area contributed by atoms with Gasteiger partial charge in [-0.1, -0.05) is 53.7 Å². The SMILES string of the molecule is CC(C)=C/C=C\C1=C(C)CC=CC(C(=O)NCc2cccc(O)c2F)=C1. The summed E-state index contributed by atoms with van der Waals surface area (Å²) < 4.78 is 13.8. The number of hydrogen-bond acceptors (Lipinski definition) is 2. The van der Waals surface area contributed by atoms with Gasteiger partial charge in [-0.2, -0.15) is 0 Å². The first-order valence-electron chi connectivity index (χ1n) is 8.52. The molecule has 4 heteroatoms. The first-order valence-corrected chi connectivity index (χ1v) is 8.52. The first kappa shape index (κ1) is 19.4. The lowest BCUT2D eigenvalue weighted by atomic mass is 10.1. The minimum atomic E-state index is -0.709. The minimum Gasteiger partial charge on any atom is -0.505 e. The molecule has 136 valence electrons. The number of rotatable bonds is 5. The number of nitrogens with one attached hydrogen (secondary N) is 1. The number of halogens is 1. The van der Waals surface area contributed by atoms with Gasteiger partial charge in [0.1, 0.15) is 0 Å². The van der Waals surface area contributed by atoms with Crippen molar-refractivity contribution in [3.05, 3.63) is 88.3 Å². The quantitative estimate of drug-likeness (QED) is 0.742. The highest BCUT2D eigenvalue weighted by Gasteiger charge is 2.12. The van der Waals surface area contributed by atoms with E-state index in [-0.39, 0.29) is 18.0 Å². The van der Waals surface area contributed by atoms with Crippen molar-refractivity contribution >= 4 is 5.91 Å². The highest BCUT2D eigenvalue weighted by atomic mass is 19.1. The van der Waals surface area contributed by atoms with Gasteiger partial charge >= 0.3 is 0 Å². The maximum Gasteiger partial charge on any atom is 0.251 e. The van der Waals surface area contributed by atoms with Crippen LogP contribution in [0.4, 0.5) is 4.39 Å². The van der Waals surface area contributed by atoms with Gasteiger partial charge in [-0.25, -0.2) is 4.39 Å². The molecule has 26 heavy (non-hydrogen) atoms. The maximum absolute atomic E-state index is 13.8. The highest BCUT2D eigenvalue weighted by molar-refractivity contribution is 5.97. The summed E-state index contributed by atoms with van der Waals surface area (Å²) >= 11 is 0. The lowest BCUT2D eigenvalue weighted by Gasteiger charge is -2.08. The summed E-state index contributed by atoms with van der Waals surface area (Å²) in [6.07, 6.45) is 12.3. The van der Waals surface area contributed by atoms with Crippen molar-refractivity contribution in [1.82, 2.24) is 5.32 Å². The van der Waals surface area contributed by atoms with Crippen LogP contribution in [-0.2, 0) is 11.3 Å². The molecule has 0 aromatic heterocycles. The molecule has 3 nitrogen and oxygen atoms in total. The molecule has 0 saturated carbocycles. The van der Waals surface area contributed by atoms with Gasteiger partial charge in [-0.3, -0.25) is 4.79 Å². The Morgan fingerprint density at radius 2 is 2.12 bits per heavy atom. The number of allylic oxidation sites excluding steroid dienone is 8. The van der Waals surface area contributed by atoms with Crippen molar-refractivity contribution in [1.29, 1.82) is 0 Å². The summed E-state index contributed by atoms with van der Waals surface area (Å²) in [6.45, 7) is 6.09. The van der Waals surface area contributed by atoms with E-state index in [1.54, 1.807) is 12.1 Å². The molecule has 0 aliphatic heterocycles. The normalized spacial score (nSPS) is 14.2. The molecular formula is C22H24FNO2. The van der Waals surface area contributed by atoms with E-state index in [0.717, 1.165) is 12.0 Å². The van der Waals surface area contributed by atoms with Crippen LogP contribution in [0.25, 0.3) is 0 Å². The second-order valence-corrected chi connectivity index (χ2v) is 6.48. The average molecular weight is 353 g/mol. The Kier molecular flexibility index (Phi) is 6.73. The van der Waals surface area contributed by atoms with Crippen LogP contribution >= 0.6 is 0 Å². The summed E-state index contributed by atoms with van der Waals surface area (Å²) in [4.78, 5) is 12.5. The first-order chi connectivity index (χ1) is 12.4. The van der Waals surface area contributed by atoms with Crippen LogP contribution in [0.15, 0.2) is 76.9 Å². The van der Waals surface area contributed by atoms with E-state index in [0.29, 0.717) is 5.57 Å². The number of phenolic OH excluding ortho intramolecular Hbond substituents is 1. The van der Waals surface area contributed by atoms with Crippen molar-refractivity contribution < 1.29 is 14.3 Å². The van der Waals surface area contributed by atoms with Crippen LogP contribution in [-0.4, -0.2) is 11.0 Å². The van der Waals surface area contributed by atoms with E-state index in [4.69, 9.17) is 0 Å². The Balaban J connectivity index is 2.15. The van der Waals surface area contributed by atoms with Crippen LogP contribution in [0.5, 0.6) is 5.75 Å². The summed E-state index contributed by atoms with van der Waals surface area (Å²) in [5.41, 5.74) is 4.11. The summed E-state index contributed by atoms with van der Waals surface area (Å²) in [7, 11) is 0. The molecule has 1 aliphatic rings. The molecule has 0 radical (unpaired) electrons. The number of hydrogen-bond donors (Lipinski definition) is 2. The number of phenols is 1. The third kappa shape index (κ3) is 5.31. The largest absolute Gasteiger partial charge is 0.505 e. The molecule has 0 heterocycles. The number of amides is 1. The Morgan fingerprint density at radius 3 is 2.85 bits per heavy atom. The van der Waals surface area contributed by atoms with E-state index in [1.807, 2.05) is 51.2 Å². The van der Waals surface area contributed by atoms with Crippen molar-refractivity contribution in [3.8, 4) is 5.75 Å². The minimum absolute atomic E-state index is 0.00980. The van der Waals surface area contributed by atoms with Crippen LogP contribution in [0.3, 0.4) is 0 Å². The standard InChI is InChI=1S/C22H24FNO2/c1-15(2)7-4-9-17-13-18(10-5-8-16(17)3)22(26)24-14-19-11-6-12-20(25)21(19)23/h4-7,9-13,25H,8,14H2,1-3H3,(H,24,26)/b9-4-. The van der Waals surface area contributed by atoms with Crippen LogP contribution in [0.2, 0.25) is 0 Å². The Bertz CT molecular complexity index is 838. The maximum atomic E-state index is 13.8. The van der Waals surface area contributed by atoms with Crippen molar-refractivity contribution in [2.45, 2.75) is 33.7 Å². The molecule has 0 unspecified atom stereocenters. The molecular weight excluding hydrogens is 329 g/mol. The van der Waals surface area contributed by atoms with E-state index >= 15 is 0 Å². The molecule has 0 atom stereocenters. The molecule has 0 bridgehead atoms. The summed E-state index contributed by atoms with van der Waals surface area (Å²) in [6, 6.07) is 4.35. The average Bonchev–Trinajstić information content (AvgIpc) is 2.78. The molecule has 0 saturated heterocycles. The second-order valence-electron chi connectivity index (χ2n) is 6.48. The van der Waals surface area contributed by atoms with E-state index < -0.39 is 11.6 Å². The molecule has 1 amide bonds. The third-order valence-corrected chi connectivity index (χ3v) is 3.99. The molecule has 0 fully saturated rings. The zero-order valence-corrected chi connectivity index (χ0v) is 15.3. The fourth-order valence-corrected chi connectivity index (χ4v) is 2.48. The van der Waals surface area contributed by atoms with Gasteiger partial charge < -0.3 is 10.4 Å². The summed E-state index contributed by atoms with van der Waals surface area (Å²) in [5, 5.41) is 12.1. The zero-order valence-electron chi connectivity index (χ0n) is 15.3. The number of carbonyl (C=O) groups is 1. The molecule has 2 N–H and O–H groups in total. The Hall–Kier alpha value is -2.88. The lowest BCUT2D eigenvalue weighted by Crippen LogP contribution is -2.24. The second kappa shape index (κ2) is 8.99. The van der Waals surface area contributed by atoms with E-state index in [1.165, 1.54) is 23.3 Å². The molecule has 0 spiro atoms. The van der Waals surface area contributed by atoms with Crippen LogP contribution in [0.1, 0.15) is 32.8 Å². The number of aromatic hydroxyl groups is 1. The topological polar surface area (TPSA) is 49.3 Å². The zero-order chi connectivity index (χ0) is 19.1. The smallest absolute Gasteiger partial charge is 0.251 e. The van der Waals surface area contributed by atoms with Gasteiger partial charge in [0.25, 0.3) is 5.91 Å². The Labute approximate surface area is 153 Å². The number of benzene rings is 1. The number of carbonyl (C=O) groups excluding carboxylic acids is 1.